The number of hydrogen-bond acceptors (Lipinski definition) is 3. The third-order valence-corrected chi connectivity index (χ3v) is 3.21. The molecule has 0 aromatic heterocycles. The molecule has 0 saturated carbocycles. The van der Waals surface area contributed by atoms with Crippen LogP contribution in [0.5, 0.6) is 0 Å². The summed E-state index contributed by atoms with van der Waals surface area (Å²) < 4.78 is 0. The van der Waals surface area contributed by atoms with Gasteiger partial charge in [-0.2, -0.15) is 0 Å². The second-order valence-corrected chi connectivity index (χ2v) is 3.99. The van der Waals surface area contributed by atoms with Crippen molar-refractivity contribution in [2.45, 2.75) is 12.8 Å². The average molecular weight is 188 g/mol. The number of hydrogen-bond donors (Lipinski definition) is 2. The van der Waals surface area contributed by atoms with E-state index in [0.29, 0.717) is 0 Å². The van der Waals surface area contributed by atoms with Crippen LogP contribution in [0.15, 0.2) is 34.6 Å². The van der Waals surface area contributed by atoms with Crippen molar-refractivity contribution in [2.75, 3.05) is 6.54 Å². The van der Waals surface area contributed by atoms with Gasteiger partial charge in [-0.15, -0.1) is 0 Å². The fraction of sp³-hybridized carbons (Fsp3) is 0.364. The molecule has 3 nitrogen and oxygen atoms in total. The lowest BCUT2D eigenvalue weighted by Crippen LogP contribution is -2.23. The van der Waals surface area contributed by atoms with Gasteiger partial charge in [0.2, 0.25) is 0 Å². The van der Waals surface area contributed by atoms with Crippen LogP contribution in [-0.2, 0) is 4.79 Å². The van der Waals surface area contributed by atoms with E-state index in [4.69, 9.17) is 0 Å². The zero-order valence-electron chi connectivity index (χ0n) is 7.84. The topological polar surface area (TPSA) is 41.1 Å². The third-order valence-electron chi connectivity index (χ3n) is 3.21. The first-order valence-corrected chi connectivity index (χ1v) is 4.93. The molecule has 2 aliphatic carbocycles. The second kappa shape index (κ2) is 2.82. The van der Waals surface area contributed by atoms with Gasteiger partial charge in [0.25, 0.3) is 0 Å². The van der Waals surface area contributed by atoms with Gasteiger partial charge in [0.15, 0.2) is 0 Å². The van der Waals surface area contributed by atoms with Crippen molar-refractivity contribution < 1.29 is 4.79 Å². The Morgan fingerprint density at radius 3 is 3.21 bits per heavy atom. The molecule has 72 valence electrons. The number of carbonyl (C=O) groups excluding carboxylic acids is 1. The average Bonchev–Trinajstić information content (AvgIpc) is 2.78. The summed E-state index contributed by atoms with van der Waals surface area (Å²) in [4.78, 5) is 10.8. The molecule has 2 N–H and O–H groups in total. The van der Waals surface area contributed by atoms with Crippen LogP contribution in [0.1, 0.15) is 12.8 Å². The molecule has 1 atom stereocenters. The van der Waals surface area contributed by atoms with Gasteiger partial charge in [-0.25, -0.2) is 5.43 Å². The predicted molar refractivity (Wildman–Crippen MR) is 53.1 cm³/mol. The predicted octanol–water partition coefficient (Wildman–Crippen LogP) is 0.824. The molecule has 3 heteroatoms. The van der Waals surface area contributed by atoms with E-state index in [1.165, 1.54) is 22.4 Å². The first-order valence-electron chi connectivity index (χ1n) is 4.93. The third kappa shape index (κ3) is 0.990. The van der Waals surface area contributed by atoms with E-state index in [-0.39, 0.29) is 5.92 Å². The molecule has 14 heavy (non-hydrogen) atoms. The second-order valence-electron chi connectivity index (χ2n) is 3.99. The monoisotopic (exact) mass is 188 g/mol. The summed E-state index contributed by atoms with van der Waals surface area (Å²) in [5.41, 5.74) is 11.7. The highest BCUT2D eigenvalue weighted by molar-refractivity contribution is 5.67. The molecule has 0 amide bonds. The van der Waals surface area contributed by atoms with Crippen LogP contribution in [-0.4, -0.2) is 12.8 Å². The Hall–Kier alpha value is -1.35. The maximum Gasteiger partial charge on any atom is 0.130 e. The van der Waals surface area contributed by atoms with E-state index in [1.807, 2.05) is 6.08 Å². The number of allylic oxidation sites excluding steroid dienone is 4. The molecule has 0 saturated heterocycles. The molecular formula is C11H12N2O. The van der Waals surface area contributed by atoms with Crippen molar-refractivity contribution in [3.63, 3.8) is 0 Å². The Bertz CT molecular complexity index is 390. The Labute approximate surface area is 82.5 Å². The minimum Gasteiger partial charge on any atom is -0.325 e. The number of carbonyl (C=O) groups is 1. The molecular weight excluding hydrogens is 176 g/mol. The maximum atomic E-state index is 10.8. The lowest BCUT2D eigenvalue weighted by atomic mass is 9.87. The minimum absolute atomic E-state index is 0.0413. The lowest BCUT2D eigenvalue weighted by Gasteiger charge is -2.18. The summed E-state index contributed by atoms with van der Waals surface area (Å²) in [6.07, 6.45) is 7.06. The van der Waals surface area contributed by atoms with Gasteiger partial charge in [-0.1, -0.05) is 12.2 Å². The zero-order chi connectivity index (χ0) is 9.54. The molecule has 1 unspecified atom stereocenters. The number of aldehydes is 1. The lowest BCUT2D eigenvalue weighted by molar-refractivity contribution is -0.109. The van der Waals surface area contributed by atoms with Crippen LogP contribution < -0.4 is 10.9 Å². The smallest absolute Gasteiger partial charge is 0.130 e. The number of nitrogens with one attached hydrogen (secondary N) is 2. The van der Waals surface area contributed by atoms with Gasteiger partial charge in [0.1, 0.15) is 6.29 Å². The van der Waals surface area contributed by atoms with Crippen LogP contribution in [0.3, 0.4) is 0 Å². The number of hydrazine groups is 1. The van der Waals surface area contributed by atoms with Crippen LogP contribution in [0.4, 0.5) is 0 Å². The zero-order valence-corrected chi connectivity index (χ0v) is 7.84. The Morgan fingerprint density at radius 2 is 2.36 bits per heavy atom. The van der Waals surface area contributed by atoms with Gasteiger partial charge in [0, 0.05) is 18.7 Å². The minimum atomic E-state index is 0.0413. The summed E-state index contributed by atoms with van der Waals surface area (Å²) in [6.45, 7) is 0.914. The van der Waals surface area contributed by atoms with Gasteiger partial charge < -0.3 is 10.2 Å². The first-order chi connectivity index (χ1) is 6.88. The Morgan fingerprint density at radius 1 is 1.43 bits per heavy atom. The van der Waals surface area contributed by atoms with E-state index in [2.05, 4.69) is 16.9 Å². The standard InChI is InChI=1S/C11H12N2O/c14-6-8-2-1-7-4-11-9(3-10(7)8)5-12-13-11/h1-2,6,8,12-13H,3-5H2. The summed E-state index contributed by atoms with van der Waals surface area (Å²) in [5, 5.41) is 0. The van der Waals surface area contributed by atoms with E-state index in [1.54, 1.807) is 0 Å². The maximum absolute atomic E-state index is 10.8. The Kier molecular flexibility index (Phi) is 1.61. The summed E-state index contributed by atoms with van der Waals surface area (Å²) in [7, 11) is 0. The van der Waals surface area contributed by atoms with E-state index in [9.17, 15) is 4.79 Å². The first kappa shape index (κ1) is 8.00. The van der Waals surface area contributed by atoms with Crippen LogP contribution >= 0.6 is 0 Å². The Balaban J connectivity index is 1.92. The molecule has 0 bridgehead atoms. The van der Waals surface area contributed by atoms with Crippen molar-refractivity contribution >= 4 is 6.29 Å². The molecule has 0 aromatic rings. The van der Waals surface area contributed by atoms with Crippen molar-refractivity contribution in [1.82, 2.24) is 10.9 Å². The summed E-state index contributed by atoms with van der Waals surface area (Å²) >= 11 is 0. The van der Waals surface area contributed by atoms with E-state index >= 15 is 0 Å². The largest absolute Gasteiger partial charge is 0.325 e. The molecule has 0 aromatic carbocycles. The van der Waals surface area contributed by atoms with Gasteiger partial charge in [-0.3, -0.25) is 0 Å². The van der Waals surface area contributed by atoms with E-state index < -0.39 is 0 Å². The van der Waals surface area contributed by atoms with Crippen molar-refractivity contribution in [2.24, 2.45) is 5.92 Å². The highest BCUT2D eigenvalue weighted by Gasteiger charge is 2.28. The fourth-order valence-electron chi connectivity index (χ4n) is 2.40. The molecule has 1 aliphatic heterocycles. The molecule has 3 aliphatic rings. The normalized spacial score (nSPS) is 29.0. The molecule has 0 fully saturated rings. The van der Waals surface area contributed by atoms with E-state index in [0.717, 1.165) is 25.7 Å². The highest BCUT2D eigenvalue weighted by Crippen LogP contribution is 2.38. The van der Waals surface area contributed by atoms with Gasteiger partial charge >= 0.3 is 0 Å². The fourth-order valence-corrected chi connectivity index (χ4v) is 2.40. The van der Waals surface area contributed by atoms with Gasteiger partial charge in [0.05, 0.1) is 5.92 Å². The quantitative estimate of drug-likeness (QED) is 0.599. The molecule has 3 rings (SSSR count). The van der Waals surface area contributed by atoms with Crippen molar-refractivity contribution in [3.8, 4) is 0 Å². The molecule has 1 heterocycles. The molecule has 0 spiro atoms. The van der Waals surface area contributed by atoms with Crippen molar-refractivity contribution in [1.29, 1.82) is 0 Å². The summed E-state index contributed by atoms with van der Waals surface area (Å²) in [6, 6.07) is 0. The van der Waals surface area contributed by atoms with Crippen LogP contribution in [0.25, 0.3) is 0 Å². The highest BCUT2D eigenvalue weighted by atomic mass is 16.1. The van der Waals surface area contributed by atoms with Crippen LogP contribution in [0.2, 0.25) is 0 Å². The summed E-state index contributed by atoms with van der Waals surface area (Å²) in [5.74, 6) is 0.0413. The SMILES string of the molecule is O=CC1C=CC2=C1CC1=C(C2)NNC1. The van der Waals surface area contributed by atoms with Crippen molar-refractivity contribution in [3.05, 3.63) is 34.6 Å². The molecule has 0 radical (unpaired) electrons. The number of rotatable bonds is 1. The van der Waals surface area contributed by atoms with Crippen LogP contribution in [0, 0.1) is 5.92 Å². The van der Waals surface area contributed by atoms with Gasteiger partial charge in [-0.05, 0) is 23.1 Å².